The molecule has 0 bridgehead atoms. The van der Waals surface area contributed by atoms with Crippen molar-refractivity contribution in [2.75, 3.05) is 0 Å². The maximum absolute atomic E-state index is 12.3. The first-order valence-corrected chi connectivity index (χ1v) is 11.0. The summed E-state index contributed by atoms with van der Waals surface area (Å²) >= 11 is 16.6. The molecule has 2 aromatic carbocycles. The number of rotatable bonds is 4. The molecule has 1 N–H and O–H groups in total. The number of hydrogen-bond acceptors (Lipinski definition) is 6. The van der Waals surface area contributed by atoms with Gasteiger partial charge in [0.2, 0.25) is 0 Å². The minimum absolute atomic E-state index is 0.0621. The Labute approximate surface area is 198 Å². The minimum Gasteiger partial charge on any atom is -0.457 e. The van der Waals surface area contributed by atoms with Crippen LogP contribution < -0.4 is 5.32 Å². The van der Waals surface area contributed by atoms with E-state index >= 15 is 0 Å². The Kier molecular flexibility index (Phi) is 6.19. The summed E-state index contributed by atoms with van der Waals surface area (Å²) in [5.74, 6) is 0.647. The predicted octanol–water partition coefficient (Wildman–Crippen LogP) is 6.82. The first-order chi connectivity index (χ1) is 14.8. The van der Waals surface area contributed by atoms with Gasteiger partial charge < -0.3 is 9.73 Å². The third-order valence-electron chi connectivity index (χ3n) is 4.11. The number of benzene rings is 2. The Balaban J connectivity index is 1.56. The molecule has 7 nitrogen and oxygen atoms in total. The van der Waals surface area contributed by atoms with E-state index in [0.717, 1.165) is 11.8 Å². The molecule has 0 radical (unpaired) electrons. The average molecular weight is 539 g/mol. The molecule has 1 aliphatic heterocycles. The zero-order chi connectivity index (χ0) is 22.1. The van der Waals surface area contributed by atoms with E-state index in [1.807, 2.05) is 0 Å². The molecule has 0 atom stereocenters. The molecular weight excluding hydrogens is 529 g/mol. The number of amides is 1. The van der Waals surface area contributed by atoms with E-state index in [1.165, 1.54) is 18.2 Å². The lowest BCUT2D eigenvalue weighted by molar-refractivity contribution is -0.384. The number of aliphatic imine (C=N–C) groups is 1. The van der Waals surface area contributed by atoms with Crippen molar-refractivity contribution in [3.05, 3.63) is 83.8 Å². The van der Waals surface area contributed by atoms with Crippen molar-refractivity contribution in [3.63, 3.8) is 0 Å². The molecule has 1 fully saturated rings. The van der Waals surface area contributed by atoms with Gasteiger partial charge in [0.15, 0.2) is 5.17 Å². The van der Waals surface area contributed by atoms with Crippen molar-refractivity contribution < 1.29 is 14.1 Å². The fourth-order valence-electron chi connectivity index (χ4n) is 2.68. The topological polar surface area (TPSA) is 97.7 Å². The van der Waals surface area contributed by atoms with E-state index in [2.05, 4.69) is 26.2 Å². The summed E-state index contributed by atoms with van der Waals surface area (Å²) in [6, 6.07) is 12.7. The number of non-ortho nitro benzene ring substituents is 1. The first-order valence-electron chi connectivity index (χ1n) is 8.59. The maximum Gasteiger partial charge on any atom is 0.270 e. The number of furan rings is 1. The molecule has 2 heterocycles. The standard InChI is InChI=1S/C20H10BrCl2N3O4S/c21-14-8-11(26(28)29)2-5-16(14)24-20-25-19(27)18(31-20)9-12-3-6-17(30-12)13-7-10(22)1-4-15(13)23/h1-9H,(H,24,25,27)/b18-9+. The molecule has 1 aromatic heterocycles. The first kappa shape index (κ1) is 21.6. The number of amidine groups is 1. The fraction of sp³-hybridized carbons (Fsp3) is 0. The van der Waals surface area contributed by atoms with E-state index < -0.39 is 4.92 Å². The normalized spacial score (nSPS) is 16.2. The molecule has 156 valence electrons. The van der Waals surface area contributed by atoms with Crippen molar-refractivity contribution in [3.8, 4) is 11.3 Å². The molecule has 31 heavy (non-hydrogen) atoms. The summed E-state index contributed by atoms with van der Waals surface area (Å²) in [5, 5.41) is 14.9. The van der Waals surface area contributed by atoms with Crippen LogP contribution in [-0.4, -0.2) is 16.0 Å². The molecule has 0 saturated carbocycles. The Morgan fingerprint density at radius 1 is 1.16 bits per heavy atom. The number of nitro groups is 1. The van der Waals surface area contributed by atoms with Gasteiger partial charge in [-0.05, 0) is 64.1 Å². The zero-order valence-corrected chi connectivity index (χ0v) is 19.2. The van der Waals surface area contributed by atoms with Gasteiger partial charge in [-0.2, -0.15) is 0 Å². The maximum atomic E-state index is 12.3. The van der Waals surface area contributed by atoms with Gasteiger partial charge in [0.1, 0.15) is 11.5 Å². The highest BCUT2D eigenvalue weighted by Gasteiger charge is 2.25. The Hall–Kier alpha value is -2.59. The number of hydrogen-bond donors (Lipinski definition) is 1. The van der Waals surface area contributed by atoms with Crippen molar-refractivity contribution in [2.45, 2.75) is 0 Å². The number of nitrogens with zero attached hydrogens (tertiary/aromatic N) is 2. The van der Waals surface area contributed by atoms with Gasteiger partial charge in [-0.3, -0.25) is 14.9 Å². The lowest BCUT2D eigenvalue weighted by Gasteiger charge is -2.01. The molecule has 1 amide bonds. The molecule has 0 unspecified atom stereocenters. The number of carbonyl (C=O) groups excluding carboxylic acids is 1. The van der Waals surface area contributed by atoms with Crippen LogP contribution in [0.1, 0.15) is 5.76 Å². The predicted molar refractivity (Wildman–Crippen MR) is 126 cm³/mol. The van der Waals surface area contributed by atoms with Crippen molar-refractivity contribution in [1.82, 2.24) is 5.32 Å². The highest BCUT2D eigenvalue weighted by atomic mass is 79.9. The Bertz CT molecular complexity index is 1290. The van der Waals surface area contributed by atoms with Crippen LogP contribution in [0.15, 0.2) is 67.3 Å². The van der Waals surface area contributed by atoms with Crippen molar-refractivity contribution >= 4 is 79.4 Å². The number of nitro benzene ring substituents is 1. The van der Waals surface area contributed by atoms with Gasteiger partial charge in [-0.15, -0.1) is 0 Å². The fourth-order valence-corrected chi connectivity index (χ4v) is 4.33. The monoisotopic (exact) mass is 537 g/mol. The molecule has 0 spiro atoms. The molecule has 4 rings (SSSR count). The minimum atomic E-state index is -0.497. The van der Waals surface area contributed by atoms with Crippen LogP contribution in [0.3, 0.4) is 0 Å². The number of carbonyl (C=O) groups is 1. The largest absolute Gasteiger partial charge is 0.457 e. The van der Waals surface area contributed by atoms with Crippen LogP contribution >= 0.6 is 50.9 Å². The Morgan fingerprint density at radius 3 is 2.71 bits per heavy atom. The summed E-state index contributed by atoms with van der Waals surface area (Å²) in [6.45, 7) is 0. The molecule has 1 saturated heterocycles. The lowest BCUT2D eigenvalue weighted by atomic mass is 10.2. The van der Waals surface area contributed by atoms with Crippen LogP contribution in [0.2, 0.25) is 10.0 Å². The summed E-state index contributed by atoms with van der Waals surface area (Å²) in [5.41, 5.74) is 1.03. The van der Waals surface area contributed by atoms with Crippen LogP contribution in [0.25, 0.3) is 17.4 Å². The number of nitrogens with one attached hydrogen (secondary N) is 1. The summed E-state index contributed by atoms with van der Waals surface area (Å²) in [4.78, 5) is 27.4. The molecular formula is C20H10BrCl2N3O4S. The van der Waals surface area contributed by atoms with Crippen LogP contribution in [0.5, 0.6) is 0 Å². The molecule has 11 heteroatoms. The smallest absolute Gasteiger partial charge is 0.270 e. The quantitative estimate of drug-likeness (QED) is 0.223. The summed E-state index contributed by atoms with van der Waals surface area (Å²) < 4.78 is 6.24. The molecule has 3 aromatic rings. The summed E-state index contributed by atoms with van der Waals surface area (Å²) in [6.07, 6.45) is 1.59. The van der Waals surface area contributed by atoms with E-state index in [0.29, 0.717) is 47.4 Å². The van der Waals surface area contributed by atoms with Gasteiger partial charge >= 0.3 is 0 Å². The Morgan fingerprint density at radius 2 is 1.97 bits per heavy atom. The van der Waals surface area contributed by atoms with E-state index in [9.17, 15) is 14.9 Å². The second kappa shape index (κ2) is 8.88. The molecule has 0 aliphatic carbocycles. The highest BCUT2D eigenvalue weighted by molar-refractivity contribution is 9.10. The number of thioether (sulfide) groups is 1. The van der Waals surface area contributed by atoms with E-state index in [4.69, 9.17) is 27.6 Å². The third-order valence-corrected chi connectivity index (χ3v) is 6.22. The zero-order valence-electron chi connectivity index (χ0n) is 15.3. The SMILES string of the molecule is O=C1NC(=Nc2ccc([N+](=O)[O-])cc2Br)S/C1=C/c1ccc(-c2cc(Cl)ccc2Cl)o1. The summed E-state index contributed by atoms with van der Waals surface area (Å²) in [7, 11) is 0. The van der Waals surface area contributed by atoms with Gasteiger partial charge in [-0.25, -0.2) is 4.99 Å². The third kappa shape index (κ3) is 4.85. The van der Waals surface area contributed by atoms with Crippen LogP contribution in [-0.2, 0) is 4.79 Å². The van der Waals surface area contributed by atoms with Crippen molar-refractivity contribution in [1.29, 1.82) is 0 Å². The highest BCUT2D eigenvalue weighted by Crippen LogP contribution is 2.35. The van der Waals surface area contributed by atoms with Crippen LogP contribution in [0.4, 0.5) is 11.4 Å². The van der Waals surface area contributed by atoms with E-state index in [1.54, 1.807) is 36.4 Å². The van der Waals surface area contributed by atoms with Crippen LogP contribution in [0, 0.1) is 10.1 Å². The van der Waals surface area contributed by atoms with Gasteiger partial charge in [0.25, 0.3) is 11.6 Å². The van der Waals surface area contributed by atoms with Gasteiger partial charge in [0, 0.05) is 28.8 Å². The van der Waals surface area contributed by atoms with Gasteiger partial charge in [0.05, 0.1) is 25.0 Å². The van der Waals surface area contributed by atoms with Crippen molar-refractivity contribution in [2.24, 2.45) is 4.99 Å². The lowest BCUT2D eigenvalue weighted by Crippen LogP contribution is -2.19. The number of halogens is 3. The second-order valence-electron chi connectivity index (χ2n) is 6.20. The molecule has 1 aliphatic rings. The van der Waals surface area contributed by atoms with Gasteiger partial charge in [-0.1, -0.05) is 23.2 Å². The second-order valence-corrected chi connectivity index (χ2v) is 8.93. The van der Waals surface area contributed by atoms with E-state index in [-0.39, 0.29) is 11.6 Å². The average Bonchev–Trinajstić information content (AvgIpc) is 3.32.